The number of nitrogens with zero attached hydrogens (tertiary/aromatic N) is 1. The molecule has 0 aliphatic carbocycles. The molecule has 0 spiro atoms. The van der Waals surface area contributed by atoms with Crippen molar-refractivity contribution in [2.45, 2.75) is 4.90 Å². The number of benzene rings is 2. The molecule has 23 heavy (non-hydrogen) atoms. The van der Waals surface area contributed by atoms with Crippen LogP contribution in [0.25, 0.3) is 0 Å². The molecule has 0 bridgehead atoms. The zero-order valence-corrected chi connectivity index (χ0v) is 13.8. The molecule has 2 aliphatic rings. The van der Waals surface area contributed by atoms with Gasteiger partial charge in [-0.25, -0.2) is 0 Å². The maximum absolute atomic E-state index is 13.0. The van der Waals surface area contributed by atoms with Crippen LogP contribution >= 0.6 is 23.4 Å². The van der Waals surface area contributed by atoms with Crippen molar-refractivity contribution in [3.63, 3.8) is 0 Å². The molecular weight excluding hydrogens is 334 g/mol. The summed E-state index contributed by atoms with van der Waals surface area (Å²) in [5, 5.41) is 0.408. The van der Waals surface area contributed by atoms with Gasteiger partial charge in [-0.15, -0.1) is 11.8 Å². The number of amides is 1. The molecule has 1 amide bonds. The van der Waals surface area contributed by atoms with Gasteiger partial charge in [0.25, 0.3) is 5.91 Å². The van der Waals surface area contributed by atoms with Crippen molar-refractivity contribution in [3.8, 4) is 11.5 Å². The number of thioether (sulfide) groups is 1. The first kappa shape index (κ1) is 14.7. The highest BCUT2D eigenvalue weighted by Crippen LogP contribution is 2.40. The van der Waals surface area contributed by atoms with Gasteiger partial charge in [0.15, 0.2) is 11.5 Å². The zero-order valence-electron chi connectivity index (χ0n) is 12.3. The fourth-order valence-corrected chi connectivity index (χ4v) is 4.03. The van der Waals surface area contributed by atoms with Crippen molar-refractivity contribution < 1.29 is 14.3 Å². The number of fused-ring (bicyclic) bond motifs is 2. The Morgan fingerprint density at radius 3 is 2.91 bits per heavy atom. The van der Waals surface area contributed by atoms with E-state index in [-0.39, 0.29) is 5.91 Å². The smallest absolute Gasteiger partial charge is 0.258 e. The number of para-hydroxylation sites is 1. The van der Waals surface area contributed by atoms with Crippen LogP contribution in [0.2, 0.25) is 5.02 Å². The van der Waals surface area contributed by atoms with Crippen molar-refractivity contribution in [1.82, 2.24) is 0 Å². The quantitative estimate of drug-likeness (QED) is 0.785. The SMILES string of the molecule is O=C(c1cc(Cl)c2c(c1)OCCO2)N1CCSc2ccccc21. The first-order chi connectivity index (χ1) is 11.2. The highest BCUT2D eigenvalue weighted by atomic mass is 35.5. The summed E-state index contributed by atoms with van der Waals surface area (Å²) < 4.78 is 11.1. The molecule has 2 aromatic rings. The number of carbonyl (C=O) groups is 1. The number of ether oxygens (including phenoxy) is 2. The minimum absolute atomic E-state index is 0.0726. The molecule has 118 valence electrons. The van der Waals surface area contributed by atoms with Gasteiger partial charge in [0.05, 0.1) is 10.7 Å². The van der Waals surface area contributed by atoms with E-state index in [1.807, 2.05) is 24.3 Å². The molecule has 0 aromatic heterocycles. The summed E-state index contributed by atoms with van der Waals surface area (Å²) in [6.07, 6.45) is 0. The van der Waals surface area contributed by atoms with Crippen molar-refractivity contribution >= 4 is 35.0 Å². The molecule has 0 unspecified atom stereocenters. The highest BCUT2D eigenvalue weighted by molar-refractivity contribution is 7.99. The van der Waals surface area contributed by atoms with Crippen LogP contribution in [-0.2, 0) is 0 Å². The molecule has 0 atom stereocenters. The van der Waals surface area contributed by atoms with Crippen molar-refractivity contribution in [2.75, 3.05) is 30.4 Å². The summed E-state index contributed by atoms with van der Waals surface area (Å²) in [5.41, 5.74) is 1.46. The Balaban J connectivity index is 1.72. The monoisotopic (exact) mass is 347 g/mol. The number of anilines is 1. The van der Waals surface area contributed by atoms with Crippen LogP contribution in [0.15, 0.2) is 41.3 Å². The van der Waals surface area contributed by atoms with Gasteiger partial charge >= 0.3 is 0 Å². The van der Waals surface area contributed by atoms with E-state index in [1.54, 1.807) is 28.8 Å². The Labute approximate surface area is 143 Å². The zero-order chi connectivity index (χ0) is 15.8. The van der Waals surface area contributed by atoms with Crippen LogP contribution in [0.1, 0.15) is 10.4 Å². The largest absolute Gasteiger partial charge is 0.486 e. The van der Waals surface area contributed by atoms with Crippen LogP contribution < -0.4 is 14.4 Å². The number of hydrogen-bond acceptors (Lipinski definition) is 4. The lowest BCUT2D eigenvalue weighted by Crippen LogP contribution is -2.35. The van der Waals surface area contributed by atoms with E-state index < -0.39 is 0 Å². The third-order valence-corrected chi connectivity index (χ3v) is 5.14. The molecule has 6 heteroatoms. The first-order valence-electron chi connectivity index (χ1n) is 7.37. The van der Waals surface area contributed by atoms with E-state index in [1.165, 1.54) is 0 Å². The molecule has 2 aromatic carbocycles. The molecule has 0 saturated carbocycles. The van der Waals surface area contributed by atoms with Gasteiger partial charge in [0, 0.05) is 22.8 Å². The maximum atomic E-state index is 13.0. The van der Waals surface area contributed by atoms with Gasteiger partial charge in [-0.2, -0.15) is 0 Å². The van der Waals surface area contributed by atoms with E-state index in [0.29, 0.717) is 41.8 Å². The molecular formula is C17H14ClNO3S. The molecule has 0 N–H and O–H groups in total. The van der Waals surface area contributed by atoms with Crippen LogP contribution in [-0.4, -0.2) is 31.4 Å². The Hall–Kier alpha value is -1.85. The van der Waals surface area contributed by atoms with Crippen molar-refractivity contribution in [3.05, 3.63) is 47.0 Å². The van der Waals surface area contributed by atoms with E-state index in [0.717, 1.165) is 16.3 Å². The third kappa shape index (κ3) is 2.64. The standard InChI is InChI=1S/C17H14ClNO3S/c18-12-9-11(10-14-16(12)22-7-6-21-14)17(20)19-5-8-23-15-4-2-1-3-13(15)19/h1-4,9-10H,5-8H2. The summed E-state index contributed by atoms with van der Waals surface area (Å²) >= 11 is 8.02. The van der Waals surface area contributed by atoms with Gasteiger partial charge in [-0.3, -0.25) is 4.79 Å². The van der Waals surface area contributed by atoms with Crippen molar-refractivity contribution in [2.24, 2.45) is 0 Å². The summed E-state index contributed by atoms with van der Waals surface area (Å²) in [7, 11) is 0. The van der Waals surface area contributed by atoms with Crippen LogP contribution in [0.4, 0.5) is 5.69 Å². The molecule has 2 heterocycles. The lowest BCUT2D eigenvalue weighted by molar-refractivity contribution is 0.0986. The average Bonchev–Trinajstić information content (AvgIpc) is 2.60. The molecule has 0 radical (unpaired) electrons. The van der Waals surface area contributed by atoms with E-state index in [4.69, 9.17) is 21.1 Å². The minimum atomic E-state index is -0.0726. The fourth-order valence-electron chi connectivity index (χ4n) is 2.77. The summed E-state index contributed by atoms with van der Waals surface area (Å²) in [4.78, 5) is 15.9. The summed E-state index contributed by atoms with van der Waals surface area (Å²) in [5.74, 6) is 1.86. The van der Waals surface area contributed by atoms with Crippen LogP contribution in [0.3, 0.4) is 0 Å². The van der Waals surface area contributed by atoms with E-state index in [2.05, 4.69) is 0 Å². The lowest BCUT2D eigenvalue weighted by atomic mass is 10.1. The van der Waals surface area contributed by atoms with Crippen LogP contribution in [0.5, 0.6) is 11.5 Å². The number of carbonyl (C=O) groups excluding carboxylic acids is 1. The molecule has 4 nitrogen and oxygen atoms in total. The Morgan fingerprint density at radius 2 is 2.00 bits per heavy atom. The van der Waals surface area contributed by atoms with Gasteiger partial charge in [-0.05, 0) is 24.3 Å². The summed E-state index contributed by atoms with van der Waals surface area (Å²) in [6.45, 7) is 1.60. The Morgan fingerprint density at radius 1 is 1.17 bits per heavy atom. The number of halogens is 1. The highest BCUT2D eigenvalue weighted by Gasteiger charge is 2.26. The van der Waals surface area contributed by atoms with Crippen molar-refractivity contribution in [1.29, 1.82) is 0 Å². The number of rotatable bonds is 1. The molecule has 0 saturated heterocycles. The predicted molar refractivity (Wildman–Crippen MR) is 91.3 cm³/mol. The molecule has 0 fully saturated rings. The Bertz CT molecular complexity index is 780. The lowest BCUT2D eigenvalue weighted by Gasteiger charge is -2.29. The first-order valence-corrected chi connectivity index (χ1v) is 8.73. The number of hydrogen-bond donors (Lipinski definition) is 0. The second-order valence-corrected chi connectivity index (χ2v) is 6.80. The normalized spacial score (nSPS) is 16.0. The van der Waals surface area contributed by atoms with Gasteiger partial charge in [-0.1, -0.05) is 23.7 Å². The van der Waals surface area contributed by atoms with E-state index in [9.17, 15) is 4.79 Å². The fraction of sp³-hybridized carbons (Fsp3) is 0.235. The van der Waals surface area contributed by atoms with Gasteiger partial charge in [0.2, 0.25) is 0 Å². The topological polar surface area (TPSA) is 38.8 Å². The minimum Gasteiger partial charge on any atom is -0.486 e. The van der Waals surface area contributed by atoms with E-state index >= 15 is 0 Å². The van der Waals surface area contributed by atoms with Gasteiger partial charge in [0.1, 0.15) is 13.2 Å². The average molecular weight is 348 g/mol. The Kier molecular flexibility index (Phi) is 3.83. The molecule has 2 aliphatic heterocycles. The predicted octanol–water partition coefficient (Wildman–Crippen LogP) is 3.86. The second kappa shape index (κ2) is 5.98. The maximum Gasteiger partial charge on any atom is 0.258 e. The van der Waals surface area contributed by atoms with Gasteiger partial charge < -0.3 is 14.4 Å². The molecule has 4 rings (SSSR count). The summed E-state index contributed by atoms with van der Waals surface area (Å²) in [6, 6.07) is 11.3. The second-order valence-electron chi connectivity index (χ2n) is 5.26. The third-order valence-electron chi connectivity index (χ3n) is 3.82. The van der Waals surface area contributed by atoms with Crippen LogP contribution in [0, 0.1) is 0 Å².